The van der Waals surface area contributed by atoms with Crippen LogP contribution in [0.3, 0.4) is 0 Å². The summed E-state index contributed by atoms with van der Waals surface area (Å²) in [6, 6.07) is 14.1. The monoisotopic (exact) mass is 379 g/mol. The first-order valence-corrected chi connectivity index (χ1v) is 9.58. The molecule has 3 heterocycles. The van der Waals surface area contributed by atoms with Crippen molar-refractivity contribution in [1.29, 1.82) is 0 Å². The topological polar surface area (TPSA) is 62.7 Å². The van der Waals surface area contributed by atoms with Crippen molar-refractivity contribution in [3.8, 4) is 0 Å². The van der Waals surface area contributed by atoms with Crippen LogP contribution in [-0.4, -0.2) is 28.0 Å². The molecule has 1 saturated heterocycles. The largest absolute Gasteiger partial charge is 0.350 e. The van der Waals surface area contributed by atoms with Gasteiger partial charge in [0.1, 0.15) is 0 Å². The quantitative estimate of drug-likeness (QED) is 0.705. The summed E-state index contributed by atoms with van der Waals surface area (Å²) in [5, 5.41) is 7.57. The van der Waals surface area contributed by atoms with Crippen molar-refractivity contribution in [3.63, 3.8) is 0 Å². The maximum Gasteiger partial charge on any atom is 0.223 e. The fraction of sp³-hybridized carbons (Fsp3) is 0.286. The molecule has 1 aliphatic rings. The number of piperidine rings is 1. The summed E-state index contributed by atoms with van der Waals surface area (Å²) in [5.41, 5.74) is 3.11. The molecule has 1 aromatic carbocycles. The minimum Gasteiger partial charge on any atom is -0.350 e. The van der Waals surface area contributed by atoms with E-state index in [4.69, 9.17) is 16.6 Å². The highest BCUT2D eigenvalue weighted by Gasteiger charge is 2.38. The van der Waals surface area contributed by atoms with Crippen LogP contribution in [0.1, 0.15) is 29.7 Å². The van der Waals surface area contributed by atoms with Crippen molar-refractivity contribution in [2.45, 2.75) is 24.8 Å². The van der Waals surface area contributed by atoms with Crippen molar-refractivity contribution < 1.29 is 0 Å². The summed E-state index contributed by atoms with van der Waals surface area (Å²) >= 11 is 6.59. The van der Waals surface area contributed by atoms with E-state index in [9.17, 15) is 0 Å². The van der Waals surface area contributed by atoms with Gasteiger partial charge >= 0.3 is 0 Å². The Bertz CT molecular complexity index is 894. The summed E-state index contributed by atoms with van der Waals surface area (Å²) in [4.78, 5) is 13.3. The highest BCUT2D eigenvalue weighted by atomic mass is 35.5. The number of benzene rings is 1. The fourth-order valence-electron chi connectivity index (χ4n) is 3.76. The third kappa shape index (κ3) is 3.80. The Balaban J connectivity index is 1.66. The zero-order valence-corrected chi connectivity index (χ0v) is 15.8. The van der Waals surface area contributed by atoms with Crippen molar-refractivity contribution in [2.75, 3.05) is 18.4 Å². The predicted octanol–water partition coefficient (Wildman–Crippen LogP) is 3.81. The zero-order chi connectivity index (χ0) is 18.5. The lowest BCUT2D eigenvalue weighted by Gasteiger charge is -2.38. The van der Waals surface area contributed by atoms with Gasteiger partial charge in [-0.15, -0.1) is 0 Å². The van der Waals surface area contributed by atoms with E-state index < -0.39 is 0 Å². The molecule has 0 unspecified atom stereocenters. The lowest BCUT2D eigenvalue weighted by molar-refractivity contribution is 0.354. The molecule has 0 spiro atoms. The zero-order valence-electron chi connectivity index (χ0n) is 15.0. The number of hydrogen-bond acceptors (Lipinski definition) is 5. The van der Waals surface area contributed by atoms with Crippen LogP contribution in [0.25, 0.3) is 0 Å². The van der Waals surface area contributed by atoms with Gasteiger partial charge in [-0.05, 0) is 61.3 Å². The van der Waals surface area contributed by atoms with Gasteiger partial charge in [0, 0.05) is 35.6 Å². The van der Waals surface area contributed by atoms with Crippen LogP contribution in [0.5, 0.6) is 0 Å². The van der Waals surface area contributed by atoms with Crippen LogP contribution < -0.4 is 10.6 Å². The maximum atomic E-state index is 6.59. The van der Waals surface area contributed by atoms with Crippen LogP contribution in [-0.2, 0) is 12.0 Å². The van der Waals surface area contributed by atoms with E-state index in [2.05, 4.69) is 32.7 Å². The molecule has 2 aromatic heterocycles. The molecule has 2 N–H and O–H groups in total. The van der Waals surface area contributed by atoms with Crippen LogP contribution in [0.4, 0.5) is 5.95 Å². The first-order valence-electron chi connectivity index (χ1n) is 9.20. The van der Waals surface area contributed by atoms with Crippen molar-refractivity contribution in [3.05, 3.63) is 82.9 Å². The number of nitrogens with zero attached hydrogens (tertiary/aromatic N) is 3. The van der Waals surface area contributed by atoms with Crippen molar-refractivity contribution >= 4 is 17.5 Å². The fourth-order valence-corrected chi connectivity index (χ4v) is 4.08. The Kier molecular flexibility index (Phi) is 5.32. The third-order valence-corrected chi connectivity index (χ3v) is 5.52. The first kappa shape index (κ1) is 17.9. The van der Waals surface area contributed by atoms with Gasteiger partial charge in [-0.1, -0.05) is 29.8 Å². The van der Waals surface area contributed by atoms with Gasteiger partial charge in [0.05, 0.1) is 5.69 Å². The minimum atomic E-state index is -0.195. The number of anilines is 1. The number of nitrogens with one attached hydrogen (secondary N) is 2. The second-order valence-electron chi connectivity index (χ2n) is 6.79. The van der Waals surface area contributed by atoms with Gasteiger partial charge in [-0.25, -0.2) is 9.97 Å². The Morgan fingerprint density at radius 3 is 2.56 bits per heavy atom. The number of hydrogen-bond donors (Lipinski definition) is 2. The van der Waals surface area contributed by atoms with E-state index in [0.29, 0.717) is 12.5 Å². The van der Waals surface area contributed by atoms with E-state index in [1.54, 1.807) is 12.4 Å². The first-order chi connectivity index (χ1) is 13.3. The summed E-state index contributed by atoms with van der Waals surface area (Å²) in [6.45, 7) is 2.54. The second kappa shape index (κ2) is 8.03. The standard InChI is InChI=1S/C21H22ClN5/c22-18-4-2-1-3-17(18)21(8-13-24-14-9-21)19-7-12-25-20(27-19)26-15-16-5-10-23-11-6-16/h1-7,10-12,24H,8-9,13-15H2,(H,25,26,27). The van der Waals surface area contributed by atoms with Crippen LogP contribution >= 0.6 is 11.6 Å². The molecule has 0 bridgehead atoms. The van der Waals surface area contributed by atoms with Gasteiger partial charge in [0.15, 0.2) is 0 Å². The third-order valence-electron chi connectivity index (χ3n) is 5.19. The summed E-state index contributed by atoms with van der Waals surface area (Å²) < 4.78 is 0. The Morgan fingerprint density at radius 1 is 1.00 bits per heavy atom. The summed E-state index contributed by atoms with van der Waals surface area (Å²) in [5.74, 6) is 0.634. The lowest BCUT2D eigenvalue weighted by atomic mass is 9.70. The number of aromatic nitrogens is 3. The summed E-state index contributed by atoms with van der Waals surface area (Å²) in [6.07, 6.45) is 7.32. The van der Waals surface area contributed by atoms with Crippen LogP contribution in [0.2, 0.25) is 5.02 Å². The molecule has 3 aromatic rings. The molecular formula is C21H22ClN5. The molecule has 27 heavy (non-hydrogen) atoms. The van der Waals surface area contributed by atoms with Gasteiger partial charge in [0.2, 0.25) is 5.95 Å². The van der Waals surface area contributed by atoms with Gasteiger partial charge < -0.3 is 10.6 Å². The average Bonchev–Trinajstić information content (AvgIpc) is 2.74. The highest BCUT2D eigenvalue weighted by molar-refractivity contribution is 6.31. The molecule has 138 valence electrons. The summed E-state index contributed by atoms with van der Waals surface area (Å²) in [7, 11) is 0. The molecule has 1 fully saturated rings. The van der Waals surface area contributed by atoms with Crippen LogP contribution in [0, 0.1) is 0 Å². The van der Waals surface area contributed by atoms with E-state index in [-0.39, 0.29) is 5.41 Å². The Labute approximate surface area is 164 Å². The maximum absolute atomic E-state index is 6.59. The molecule has 4 rings (SSSR count). The smallest absolute Gasteiger partial charge is 0.223 e. The Hall–Kier alpha value is -2.50. The molecule has 6 heteroatoms. The Morgan fingerprint density at radius 2 is 1.78 bits per heavy atom. The molecule has 1 aliphatic heterocycles. The predicted molar refractivity (Wildman–Crippen MR) is 108 cm³/mol. The average molecular weight is 380 g/mol. The van der Waals surface area contributed by atoms with Crippen molar-refractivity contribution in [2.24, 2.45) is 0 Å². The van der Waals surface area contributed by atoms with E-state index in [1.807, 2.05) is 36.5 Å². The molecule has 0 amide bonds. The van der Waals surface area contributed by atoms with Crippen LogP contribution in [0.15, 0.2) is 61.1 Å². The lowest BCUT2D eigenvalue weighted by Crippen LogP contribution is -2.41. The minimum absolute atomic E-state index is 0.195. The normalized spacial score (nSPS) is 16.0. The molecular weight excluding hydrogens is 358 g/mol. The number of pyridine rings is 1. The van der Waals surface area contributed by atoms with E-state index >= 15 is 0 Å². The number of rotatable bonds is 5. The molecule has 0 saturated carbocycles. The van der Waals surface area contributed by atoms with Gasteiger partial charge in [-0.2, -0.15) is 0 Å². The molecule has 0 radical (unpaired) electrons. The molecule has 0 atom stereocenters. The van der Waals surface area contributed by atoms with E-state index in [0.717, 1.165) is 47.8 Å². The SMILES string of the molecule is Clc1ccccc1C1(c2ccnc(NCc3ccncc3)n2)CCNCC1. The number of halogens is 1. The second-order valence-corrected chi connectivity index (χ2v) is 7.19. The van der Waals surface area contributed by atoms with Crippen molar-refractivity contribution in [1.82, 2.24) is 20.3 Å². The van der Waals surface area contributed by atoms with Gasteiger partial charge in [0.25, 0.3) is 0 Å². The molecule has 5 nitrogen and oxygen atoms in total. The van der Waals surface area contributed by atoms with E-state index in [1.165, 1.54) is 0 Å². The van der Waals surface area contributed by atoms with Gasteiger partial charge in [-0.3, -0.25) is 4.98 Å². The molecule has 0 aliphatic carbocycles. The highest BCUT2D eigenvalue weighted by Crippen LogP contribution is 2.42.